The van der Waals surface area contributed by atoms with Crippen molar-refractivity contribution in [3.05, 3.63) is 106 Å². The van der Waals surface area contributed by atoms with Crippen molar-refractivity contribution in [2.75, 3.05) is 0 Å². The Labute approximate surface area is 213 Å². The molecule has 0 aliphatic heterocycles. The Balaban J connectivity index is 1.64. The zero-order valence-corrected chi connectivity index (χ0v) is 21.4. The van der Waals surface area contributed by atoms with Crippen LogP contribution in [-0.2, 0) is 5.41 Å². The molecule has 1 unspecified atom stereocenters. The van der Waals surface area contributed by atoms with Gasteiger partial charge in [-0.15, -0.1) is 0 Å². The first-order valence-corrected chi connectivity index (χ1v) is 13.5. The minimum absolute atomic E-state index is 0.0303. The van der Waals surface area contributed by atoms with Crippen LogP contribution in [0, 0.1) is 5.92 Å². The molecule has 7 rings (SSSR count). The van der Waals surface area contributed by atoms with Gasteiger partial charge in [-0.25, -0.2) is 0 Å². The molecular formula is C36H32. The summed E-state index contributed by atoms with van der Waals surface area (Å²) < 4.78 is 0. The molecule has 0 saturated heterocycles. The van der Waals surface area contributed by atoms with Gasteiger partial charge in [-0.1, -0.05) is 112 Å². The maximum absolute atomic E-state index is 2.55. The molecule has 0 amide bonds. The van der Waals surface area contributed by atoms with Gasteiger partial charge in [0.25, 0.3) is 0 Å². The van der Waals surface area contributed by atoms with E-state index < -0.39 is 0 Å². The van der Waals surface area contributed by atoms with Gasteiger partial charge in [0.15, 0.2) is 0 Å². The fraction of sp³-hybridized carbons (Fsp3) is 0.222. The van der Waals surface area contributed by atoms with Crippen LogP contribution in [0.4, 0.5) is 0 Å². The van der Waals surface area contributed by atoms with Gasteiger partial charge in [-0.3, -0.25) is 0 Å². The van der Waals surface area contributed by atoms with E-state index in [9.17, 15) is 0 Å². The van der Waals surface area contributed by atoms with Crippen LogP contribution in [0.2, 0.25) is 0 Å². The lowest BCUT2D eigenvalue weighted by Crippen LogP contribution is -2.31. The Morgan fingerprint density at radius 1 is 0.722 bits per heavy atom. The van der Waals surface area contributed by atoms with Crippen LogP contribution in [0.5, 0.6) is 0 Å². The Hall–Kier alpha value is -3.64. The molecule has 0 spiro atoms. The van der Waals surface area contributed by atoms with Crippen LogP contribution in [0.15, 0.2) is 84.9 Å². The number of rotatable bonds is 3. The molecule has 0 N–H and O–H groups in total. The van der Waals surface area contributed by atoms with E-state index in [-0.39, 0.29) is 5.41 Å². The van der Waals surface area contributed by atoms with E-state index >= 15 is 0 Å². The summed E-state index contributed by atoms with van der Waals surface area (Å²) in [5, 5.41) is 8.23. The molecule has 0 nitrogen and oxygen atoms in total. The SMILES string of the molecule is CCCC1C=c2cc3ccccc3c(-c3cc4c(c5ccccc35)-c3ccccc3C4(C)C)c2=CC1. The van der Waals surface area contributed by atoms with Gasteiger partial charge in [-0.05, 0) is 96.3 Å². The molecule has 0 fully saturated rings. The topological polar surface area (TPSA) is 0 Å². The molecular weight excluding hydrogens is 432 g/mol. The lowest BCUT2D eigenvalue weighted by Gasteiger charge is -2.24. The second-order valence-electron chi connectivity index (χ2n) is 11.2. The molecule has 0 heterocycles. The number of fused-ring (bicyclic) bond motifs is 7. The number of hydrogen-bond acceptors (Lipinski definition) is 0. The third-order valence-corrected chi connectivity index (χ3v) is 8.68. The van der Waals surface area contributed by atoms with Crippen LogP contribution in [0.25, 0.3) is 56.0 Å². The molecule has 5 aromatic carbocycles. The fourth-order valence-corrected chi connectivity index (χ4v) is 6.95. The molecule has 0 radical (unpaired) electrons. The molecule has 2 aliphatic carbocycles. The summed E-state index contributed by atoms with van der Waals surface area (Å²) in [6.07, 6.45) is 8.69. The summed E-state index contributed by atoms with van der Waals surface area (Å²) in [5.41, 5.74) is 8.44. The summed E-state index contributed by atoms with van der Waals surface area (Å²) in [4.78, 5) is 0. The fourth-order valence-electron chi connectivity index (χ4n) is 6.95. The van der Waals surface area contributed by atoms with Crippen LogP contribution in [-0.4, -0.2) is 0 Å². The lowest BCUT2D eigenvalue weighted by atomic mass is 9.79. The monoisotopic (exact) mass is 464 g/mol. The maximum atomic E-state index is 2.55. The van der Waals surface area contributed by atoms with Crippen LogP contribution < -0.4 is 10.4 Å². The first kappa shape index (κ1) is 21.6. The highest BCUT2D eigenvalue weighted by Crippen LogP contribution is 2.53. The van der Waals surface area contributed by atoms with E-state index in [1.807, 2.05) is 0 Å². The Bertz CT molecular complexity index is 1800. The Morgan fingerprint density at radius 2 is 1.44 bits per heavy atom. The van der Waals surface area contributed by atoms with Crippen molar-refractivity contribution in [2.45, 2.75) is 45.4 Å². The molecule has 0 aromatic heterocycles. The average Bonchev–Trinajstić information content (AvgIpc) is 3.14. The minimum atomic E-state index is -0.0303. The minimum Gasteiger partial charge on any atom is -0.0754 e. The summed E-state index contributed by atoms with van der Waals surface area (Å²) in [7, 11) is 0. The third-order valence-electron chi connectivity index (χ3n) is 8.68. The van der Waals surface area contributed by atoms with Crippen molar-refractivity contribution >= 4 is 33.7 Å². The third kappa shape index (κ3) is 3.00. The van der Waals surface area contributed by atoms with E-state index in [0.29, 0.717) is 5.92 Å². The van der Waals surface area contributed by atoms with E-state index in [1.165, 1.54) is 78.2 Å². The summed E-state index contributed by atoms with van der Waals surface area (Å²) in [6, 6.07) is 32.0. The highest BCUT2D eigenvalue weighted by atomic mass is 14.4. The van der Waals surface area contributed by atoms with E-state index in [2.05, 4.69) is 118 Å². The lowest BCUT2D eigenvalue weighted by molar-refractivity contribution is 0.624. The van der Waals surface area contributed by atoms with Gasteiger partial charge in [0.1, 0.15) is 0 Å². The van der Waals surface area contributed by atoms with Crippen LogP contribution in [0.1, 0.15) is 51.2 Å². The second kappa shape index (κ2) is 7.93. The smallest absolute Gasteiger partial charge is 0.0159 e. The van der Waals surface area contributed by atoms with Crippen molar-refractivity contribution in [1.29, 1.82) is 0 Å². The van der Waals surface area contributed by atoms with Gasteiger partial charge in [-0.2, -0.15) is 0 Å². The number of hydrogen-bond donors (Lipinski definition) is 0. The van der Waals surface area contributed by atoms with E-state index in [0.717, 1.165) is 6.42 Å². The number of benzene rings is 5. The average molecular weight is 465 g/mol. The molecule has 1 atom stereocenters. The molecule has 0 heteroatoms. The predicted molar refractivity (Wildman–Crippen MR) is 156 cm³/mol. The predicted octanol–water partition coefficient (Wildman–Crippen LogP) is 8.35. The highest BCUT2D eigenvalue weighted by Gasteiger charge is 2.37. The molecule has 36 heavy (non-hydrogen) atoms. The zero-order valence-electron chi connectivity index (χ0n) is 21.4. The molecule has 5 aromatic rings. The normalized spacial score (nSPS) is 17.2. The first-order chi connectivity index (χ1) is 17.6. The van der Waals surface area contributed by atoms with E-state index in [1.54, 1.807) is 0 Å². The maximum Gasteiger partial charge on any atom is 0.0159 e. The van der Waals surface area contributed by atoms with Crippen molar-refractivity contribution < 1.29 is 0 Å². The molecule has 176 valence electrons. The Kier molecular flexibility index (Phi) is 4.77. The molecule has 2 aliphatic rings. The summed E-state index contributed by atoms with van der Waals surface area (Å²) in [5.74, 6) is 0.640. The first-order valence-electron chi connectivity index (χ1n) is 13.5. The Morgan fingerprint density at radius 3 is 2.28 bits per heavy atom. The van der Waals surface area contributed by atoms with Crippen molar-refractivity contribution in [2.24, 2.45) is 5.92 Å². The highest BCUT2D eigenvalue weighted by molar-refractivity contribution is 6.12. The largest absolute Gasteiger partial charge is 0.0754 e. The van der Waals surface area contributed by atoms with Crippen molar-refractivity contribution in [3.8, 4) is 22.3 Å². The van der Waals surface area contributed by atoms with Crippen LogP contribution >= 0.6 is 0 Å². The van der Waals surface area contributed by atoms with Crippen LogP contribution in [0.3, 0.4) is 0 Å². The van der Waals surface area contributed by atoms with Gasteiger partial charge >= 0.3 is 0 Å². The van der Waals surface area contributed by atoms with Crippen molar-refractivity contribution in [1.82, 2.24) is 0 Å². The zero-order chi connectivity index (χ0) is 24.4. The van der Waals surface area contributed by atoms with Gasteiger partial charge < -0.3 is 0 Å². The summed E-state index contributed by atoms with van der Waals surface area (Å²) >= 11 is 0. The molecule has 0 saturated carbocycles. The second-order valence-corrected chi connectivity index (χ2v) is 11.2. The van der Waals surface area contributed by atoms with Crippen molar-refractivity contribution in [3.63, 3.8) is 0 Å². The summed E-state index contributed by atoms with van der Waals surface area (Å²) in [6.45, 7) is 7.08. The van der Waals surface area contributed by atoms with Gasteiger partial charge in [0, 0.05) is 5.41 Å². The molecule has 0 bridgehead atoms. The van der Waals surface area contributed by atoms with Gasteiger partial charge in [0.05, 0.1) is 0 Å². The van der Waals surface area contributed by atoms with E-state index in [4.69, 9.17) is 0 Å². The quantitative estimate of drug-likeness (QED) is 0.252. The standard InChI is InChI=1S/C36H32/c1-4-11-23-18-19-27-25(20-23)21-24-12-5-6-13-26(24)34(27)31-22-33-35(29-15-8-7-14-28(29)31)30-16-9-10-17-32(30)36(33,2)3/h5-10,12-17,19-23H,4,11,18H2,1-3H3. The van der Waals surface area contributed by atoms with Gasteiger partial charge in [0.2, 0.25) is 0 Å².